The lowest BCUT2D eigenvalue weighted by molar-refractivity contribution is -0.142. The Labute approximate surface area is 182 Å². The number of nitrogens with zero attached hydrogens (tertiary/aromatic N) is 1. The maximum atomic E-state index is 12.9. The van der Waals surface area contributed by atoms with Crippen molar-refractivity contribution in [2.24, 2.45) is 5.73 Å². The number of aromatic amines is 1. The average molecular weight is 447 g/mol. The number of aromatic hydroxyl groups is 1. The zero-order valence-electron chi connectivity index (χ0n) is 17.0. The first-order valence-corrected chi connectivity index (χ1v) is 9.71. The first-order chi connectivity index (χ1) is 15.2. The highest BCUT2D eigenvalue weighted by Crippen LogP contribution is 2.12. The Kier molecular flexibility index (Phi) is 8.72. The number of carbonyl (C=O) groups excluding carboxylic acids is 2. The molecule has 0 aliphatic heterocycles. The molecular formula is C20H25N5O7. The molecule has 0 aliphatic carbocycles. The van der Waals surface area contributed by atoms with Gasteiger partial charge in [0.1, 0.15) is 17.8 Å². The molecule has 1 heterocycles. The molecule has 3 atom stereocenters. The number of nitrogens with one attached hydrogen (secondary N) is 3. The van der Waals surface area contributed by atoms with Crippen molar-refractivity contribution in [2.45, 2.75) is 43.8 Å². The van der Waals surface area contributed by atoms with Crippen molar-refractivity contribution in [1.29, 1.82) is 0 Å². The van der Waals surface area contributed by atoms with Gasteiger partial charge < -0.3 is 36.7 Å². The van der Waals surface area contributed by atoms with Gasteiger partial charge in [0.25, 0.3) is 0 Å². The summed E-state index contributed by atoms with van der Waals surface area (Å²) in [6.45, 7) is 0. The fourth-order valence-electron chi connectivity index (χ4n) is 2.85. The molecule has 12 nitrogen and oxygen atoms in total. The van der Waals surface area contributed by atoms with E-state index in [2.05, 4.69) is 20.6 Å². The second-order valence-electron chi connectivity index (χ2n) is 7.15. The highest BCUT2D eigenvalue weighted by Gasteiger charge is 2.28. The Morgan fingerprint density at radius 1 is 1.00 bits per heavy atom. The van der Waals surface area contributed by atoms with E-state index >= 15 is 0 Å². The number of H-pyrrole nitrogens is 1. The molecule has 3 unspecified atom stereocenters. The van der Waals surface area contributed by atoms with E-state index in [1.807, 2.05) is 0 Å². The number of phenolic OH excluding ortho intramolecular Hbond substituents is 1. The predicted molar refractivity (Wildman–Crippen MR) is 110 cm³/mol. The van der Waals surface area contributed by atoms with Gasteiger partial charge in [-0.2, -0.15) is 0 Å². The van der Waals surface area contributed by atoms with Gasteiger partial charge in [-0.3, -0.25) is 14.4 Å². The number of nitrogens with two attached hydrogens (primary N) is 1. The van der Waals surface area contributed by atoms with Crippen LogP contribution in [0.1, 0.15) is 24.1 Å². The molecule has 32 heavy (non-hydrogen) atoms. The largest absolute Gasteiger partial charge is 0.508 e. The standard InChI is InChI=1S/C20H25N5O7/c21-14(5-6-17(27)28)18(29)24-15(7-11-1-3-13(26)4-2-11)19(30)25-16(20(31)32)8-12-9-22-10-23-12/h1-4,9-10,14-16,26H,5-8,21H2,(H,22,23)(H,24,29)(H,25,30)(H,27,28)(H,31,32). The van der Waals surface area contributed by atoms with Crippen LogP contribution in [0, 0.1) is 0 Å². The van der Waals surface area contributed by atoms with Crippen LogP contribution in [0.4, 0.5) is 0 Å². The minimum atomic E-state index is -1.29. The van der Waals surface area contributed by atoms with Gasteiger partial charge >= 0.3 is 11.9 Å². The number of carbonyl (C=O) groups is 4. The second kappa shape index (κ2) is 11.5. The third-order valence-electron chi connectivity index (χ3n) is 4.61. The monoisotopic (exact) mass is 447 g/mol. The Morgan fingerprint density at radius 3 is 2.22 bits per heavy atom. The number of rotatable bonds is 12. The minimum absolute atomic E-state index is 0.0139. The number of benzene rings is 1. The van der Waals surface area contributed by atoms with Crippen LogP contribution < -0.4 is 16.4 Å². The summed E-state index contributed by atoms with van der Waals surface area (Å²) in [7, 11) is 0. The average Bonchev–Trinajstić information content (AvgIpc) is 3.25. The van der Waals surface area contributed by atoms with Crippen LogP contribution in [0.15, 0.2) is 36.8 Å². The summed E-state index contributed by atoms with van der Waals surface area (Å²) < 4.78 is 0. The van der Waals surface area contributed by atoms with E-state index in [0.29, 0.717) is 11.3 Å². The Balaban J connectivity index is 2.14. The molecule has 2 rings (SSSR count). The van der Waals surface area contributed by atoms with Crippen molar-refractivity contribution in [3.8, 4) is 5.75 Å². The zero-order chi connectivity index (χ0) is 23.7. The third kappa shape index (κ3) is 7.72. The van der Waals surface area contributed by atoms with Crippen molar-refractivity contribution in [1.82, 2.24) is 20.6 Å². The number of hydrogen-bond donors (Lipinski definition) is 7. The fourth-order valence-corrected chi connectivity index (χ4v) is 2.85. The van der Waals surface area contributed by atoms with Crippen molar-refractivity contribution < 1.29 is 34.5 Å². The van der Waals surface area contributed by atoms with E-state index in [-0.39, 0.29) is 31.4 Å². The first-order valence-electron chi connectivity index (χ1n) is 9.71. The van der Waals surface area contributed by atoms with Gasteiger partial charge in [-0.25, -0.2) is 9.78 Å². The number of aliphatic carboxylic acids is 2. The maximum absolute atomic E-state index is 12.9. The maximum Gasteiger partial charge on any atom is 0.326 e. The number of phenols is 1. The van der Waals surface area contributed by atoms with Crippen LogP contribution in [0.5, 0.6) is 5.75 Å². The second-order valence-corrected chi connectivity index (χ2v) is 7.15. The predicted octanol–water partition coefficient (Wildman–Crippen LogP) is -0.853. The quantitative estimate of drug-likeness (QED) is 0.216. The zero-order valence-corrected chi connectivity index (χ0v) is 17.0. The molecule has 0 spiro atoms. The van der Waals surface area contributed by atoms with E-state index in [4.69, 9.17) is 10.8 Å². The molecule has 0 saturated heterocycles. The molecular weight excluding hydrogens is 422 g/mol. The summed E-state index contributed by atoms with van der Waals surface area (Å²) in [5.74, 6) is -3.88. The Morgan fingerprint density at radius 2 is 1.66 bits per heavy atom. The van der Waals surface area contributed by atoms with Crippen LogP contribution in [0.25, 0.3) is 0 Å². The van der Waals surface area contributed by atoms with Gasteiger partial charge in [0.05, 0.1) is 12.4 Å². The van der Waals surface area contributed by atoms with Crippen molar-refractivity contribution in [2.75, 3.05) is 0 Å². The molecule has 0 radical (unpaired) electrons. The summed E-state index contributed by atoms with van der Waals surface area (Å²) in [5, 5.41) is 32.5. The molecule has 0 saturated carbocycles. The highest BCUT2D eigenvalue weighted by atomic mass is 16.4. The summed E-state index contributed by atoms with van der Waals surface area (Å²) in [6.07, 6.45) is 2.28. The van der Waals surface area contributed by atoms with Gasteiger partial charge in [-0.15, -0.1) is 0 Å². The van der Waals surface area contributed by atoms with E-state index in [1.165, 1.54) is 24.7 Å². The van der Waals surface area contributed by atoms with Gasteiger partial charge in [0.2, 0.25) is 11.8 Å². The van der Waals surface area contributed by atoms with Crippen LogP contribution in [0.3, 0.4) is 0 Å². The van der Waals surface area contributed by atoms with Crippen molar-refractivity contribution in [3.05, 3.63) is 48.0 Å². The number of aromatic nitrogens is 2. The topological polar surface area (TPSA) is 208 Å². The van der Waals surface area contributed by atoms with E-state index in [0.717, 1.165) is 0 Å². The fraction of sp³-hybridized carbons (Fsp3) is 0.350. The molecule has 2 amide bonds. The van der Waals surface area contributed by atoms with Gasteiger partial charge in [-0.05, 0) is 24.1 Å². The van der Waals surface area contributed by atoms with E-state index < -0.39 is 41.9 Å². The molecule has 0 aliphatic rings. The number of imidazole rings is 1. The third-order valence-corrected chi connectivity index (χ3v) is 4.61. The Hall–Kier alpha value is -3.93. The molecule has 2 aromatic rings. The number of amides is 2. The summed E-state index contributed by atoms with van der Waals surface area (Å²) >= 11 is 0. The van der Waals surface area contributed by atoms with Gasteiger partial charge in [0.15, 0.2) is 0 Å². The van der Waals surface area contributed by atoms with Crippen LogP contribution in [-0.4, -0.2) is 67.2 Å². The lowest BCUT2D eigenvalue weighted by Crippen LogP contribution is -2.55. The molecule has 0 fully saturated rings. The van der Waals surface area contributed by atoms with Gasteiger partial charge in [0, 0.05) is 31.2 Å². The Bertz CT molecular complexity index is 930. The number of carboxylic acids is 2. The lowest BCUT2D eigenvalue weighted by atomic mass is 10.0. The van der Waals surface area contributed by atoms with Crippen molar-refractivity contribution in [3.63, 3.8) is 0 Å². The van der Waals surface area contributed by atoms with Crippen LogP contribution in [0.2, 0.25) is 0 Å². The number of hydrogen-bond acceptors (Lipinski definition) is 7. The summed E-state index contributed by atoms with van der Waals surface area (Å²) in [6, 6.07) is 2.26. The normalized spacial score (nSPS) is 13.5. The summed E-state index contributed by atoms with van der Waals surface area (Å²) in [5.41, 5.74) is 6.80. The smallest absolute Gasteiger partial charge is 0.326 e. The highest BCUT2D eigenvalue weighted by molar-refractivity contribution is 5.92. The molecule has 0 bridgehead atoms. The lowest BCUT2D eigenvalue weighted by Gasteiger charge is -2.23. The SMILES string of the molecule is NC(CCC(=O)O)C(=O)NC(Cc1ccc(O)cc1)C(=O)NC(Cc1cnc[nH]1)C(=O)O. The van der Waals surface area contributed by atoms with Crippen LogP contribution >= 0.6 is 0 Å². The first kappa shape index (κ1) is 24.3. The number of carboxylic acid groups (broad SMARTS) is 2. The molecule has 8 N–H and O–H groups in total. The molecule has 1 aromatic carbocycles. The van der Waals surface area contributed by atoms with E-state index in [9.17, 15) is 29.4 Å². The molecule has 172 valence electrons. The molecule has 1 aromatic heterocycles. The van der Waals surface area contributed by atoms with Crippen molar-refractivity contribution >= 4 is 23.8 Å². The minimum Gasteiger partial charge on any atom is -0.508 e. The van der Waals surface area contributed by atoms with Gasteiger partial charge in [-0.1, -0.05) is 12.1 Å². The summed E-state index contributed by atoms with van der Waals surface area (Å²) in [4.78, 5) is 54.2. The molecule has 12 heteroatoms. The van der Waals surface area contributed by atoms with Crippen LogP contribution in [-0.2, 0) is 32.0 Å². The van der Waals surface area contributed by atoms with E-state index in [1.54, 1.807) is 12.1 Å².